The van der Waals surface area contributed by atoms with Gasteiger partial charge in [0, 0.05) is 12.6 Å². The molecule has 2 N–H and O–H groups in total. The van der Waals surface area contributed by atoms with Crippen LogP contribution in [0.1, 0.15) is 48.0 Å². The zero-order valence-corrected chi connectivity index (χ0v) is 14.0. The fourth-order valence-corrected chi connectivity index (χ4v) is 3.55. The molecule has 1 aliphatic rings. The summed E-state index contributed by atoms with van der Waals surface area (Å²) in [7, 11) is 0. The van der Waals surface area contributed by atoms with E-state index >= 15 is 0 Å². The minimum Gasteiger partial charge on any atom is -0.396 e. The summed E-state index contributed by atoms with van der Waals surface area (Å²) in [4.78, 5) is 12.9. The van der Waals surface area contributed by atoms with Crippen LogP contribution in [-0.2, 0) is 0 Å². The predicted molar refractivity (Wildman–Crippen MR) is 91.0 cm³/mol. The lowest BCUT2D eigenvalue weighted by molar-refractivity contribution is 0.0911. The number of aliphatic hydroxyl groups excluding tert-OH is 1. The van der Waals surface area contributed by atoms with Crippen LogP contribution in [0.5, 0.6) is 0 Å². The number of aromatic nitrogens is 3. The highest BCUT2D eigenvalue weighted by Gasteiger charge is 2.27. The van der Waals surface area contributed by atoms with Crippen LogP contribution >= 0.6 is 0 Å². The lowest BCUT2D eigenvalue weighted by Gasteiger charge is -2.24. The van der Waals surface area contributed by atoms with Crippen molar-refractivity contribution in [3.05, 3.63) is 42.0 Å². The molecule has 128 valence electrons. The van der Waals surface area contributed by atoms with Gasteiger partial charge in [0.25, 0.3) is 5.91 Å². The van der Waals surface area contributed by atoms with Crippen LogP contribution in [0.4, 0.5) is 0 Å². The molecule has 0 spiro atoms. The molecule has 1 saturated carbocycles. The number of amides is 1. The molecule has 6 nitrogen and oxygen atoms in total. The zero-order valence-electron chi connectivity index (χ0n) is 14.0. The first-order valence-corrected chi connectivity index (χ1v) is 8.56. The van der Waals surface area contributed by atoms with E-state index in [-0.39, 0.29) is 18.6 Å². The van der Waals surface area contributed by atoms with Gasteiger partial charge in [-0.25, -0.2) is 0 Å². The summed E-state index contributed by atoms with van der Waals surface area (Å²) in [5.74, 6) is 0.358. The monoisotopic (exact) mass is 328 g/mol. The number of aliphatic hydroxyl groups is 1. The number of carbonyl (C=O) groups is 1. The molecule has 0 radical (unpaired) electrons. The van der Waals surface area contributed by atoms with Crippen molar-refractivity contribution in [2.45, 2.75) is 45.1 Å². The molecule has 24 heavy (non-hydrogen) atoms. The molecule has 0 aliphatic heterocycles. The van der Waals surface area contributed by atoms with Gasteiger partial charge in [0.1, 0.15) is 12.7 Å². The van der Waals surface area contributed by atoms with Crippen molar-refractivity contribution in [2.75, 3.05) is 6.61 Å². The minimum atomic E-state index is -0.104. The lowest BCUT2D eigenvalue weighted by Crippen LogP contribution is -2.40. The van der Waals surface area contributed by atoms with Crippen molar-refractivity contribution in [1.29, 1.82) is 0 Å². The summed E-state index contributed by atoms with van der Waals surface area (Å²) < 4.78 is 1.74. The van der Waals surface area contributed by atoms with E-state index in [9.17, 15) is 9.90 Å². The highest BCUT2D eigenvalue weighted by Crippen LogP contribution is 2.29. The Morgan fingerprint density at radius 3 is 2.71 bits per heavy atom. The maximum atomic E-state index is 12.9. The number of carbonyl (C=O) groups excluding carboxylic acids is 1. The molecule has 2 aromatic rings. The molecule has 0 bridgehead atoms. The van der Waals surface area contributed by atoms with Crippen molar-refractivity contribution >= 4 is 5.91 Å². The highest BCUT2D eigenvalue weighted by atomic mass is 16.3. The van der Waals surface area contributed by atoms with E-state index in [2.05, 4.69) is 15.5 Å². The van der Waals surface area contributed by atoms with E-state index in [1.807, 2.05) is 25.1 Å². The normalized spacial score (nSPS) is 16.2. The van der Waals surface area contributed by atoms with Gasteiger partial charge in [0.15, 0.2) is 0 Å². The maximum absolute atomic E-state index is 12.9. The Hall–Kier alpha value is -2.21. The van der Waals surface area contributed by atoms with Crippen LogP contribution in [0.15, 0.2) is 30.9 Å². The molecule has 1 amide bonds. The molecule has 1 aromatic heterocycles. The number of rotatable bonds is 6. The molecule has 1 aromatic carbocycles. The van der Waals surface area contributed by atoms with Crippen molar-refractivity contribution in [3.63, 3.8) is 0 Å². The maximum Gasteiger partial charge on any atom is 0.253 e. The van der Waals surface area contributed by atoms with E-state index in [0.717, 1.165) is 24.1 Å². The van der Waals surface area contributed by atoms with Crippen LogP contribution in [0.3, 0.4) is 0 Å². The van der Waals surface area contributed by atoms with Crippen LogP contribution in [0, 0.1) is 12.8 Å². The highest BCUT2D eigenvalue weighted by molar-refractivity contribution is 5.98. The Bertz CT molecular complexity index is 678. The molecular formula is C18H24N4O2. The molecule has 1 heterocycles. The van der Waals surface area contributed by atoms with Gasteiger partial charge >= 0.3 is 0 Å². The fraction of sp³-hybridized carbons (Fsp3) is 0.500. The Balaban J connectivity index is 1.84. The quantitative estimate of drug-likeness (QED) is 0.852. The van der Waals surface area contributed by atoms with Gasteiger partial charge in [-0.05, 0) is 44.2 Å². The van der Waals surface area contributed by atoms with Crippen molar-refractivity contribution < 1.29 is 9.90 Å². The zero-order chi connectivity index (χ0) is 16.9. The average molecular weight is 328 g/mol. The molecule has 1 fully saturated rings. The van der Waals surface area contributed by atoms with E-state index in [4.69, 9.17) is 0 Å². The number of hydrogen-bond acceptors (Lipinski definition) is 4. The molecule has 6 heteroatoms. The number of nitrogens with one attached hydrogen (secondary N) is 1. The Morgan fingerprint density at radius 2 is 2.04 bits per heavy atom. The van der Waals surface area contributed by atoms with E-state index in [0.29, 0.717) is 17.9 Å². The molecule has 1 unspecified atom stereocenters. The Morgan fingerprint density at radius 1 is 1.33 bits per heavy atom. The second kappa shape index (κ2) is 7.57. The van der Waals surface area contributed by atoms with E-state index in [1.54, 1.807) is 17.2 Å². The number of aryl methyl sites for hydroxylation is 1. The molecule has 1 aliphatic carbocycles. The third-order valence-corrected chi connectivity index (χ3v) is 4.82. The van der Waals surface area contributed by atoms with E-state index in [1.165, 1.54) is 12.8 Å². The van der Waals surface area contributed by atoms with Gasteiger partial charge in [0.2, 0.25) is 0 Å². The van der Waals surface area contributed by atoms with Gasteiger partial charge < -0.3 is 10.4 Å². The number of benzene rings is 1. The number of hydrogen-bond donors (Lipinski definition) is 2. The van der Waals surface area contributed by atoms with Crippen molar-refractivity contribution in [1.82, 2.24) is 20.1 Å². The van der Waals surface area contributed by atoms with E-state index < -0.39 is 0 Å². The predicted octanol–water partition coefficient (Wildman–Crippen LogP) is 2.25. The third-order valence-electron chi connectivity index (χ3n) is 4.82. The minimum absolute atomic E-state index is 0.0271. The average Bonchev–Trinajstić information content (AvgIpc) is 3.28. The summed E-state index contributed by atoms with van der Waals surface area (Å²) >= 11 is 0. The second-order valence-corrected chi connectivity index (χ2v) is 6.53. The molecule has 1 atom stereocenters. The Labute approximate surface area is 141 Å². The summed E-state index contributed by atoms with van der Waals surface area (Å²) in [6.07, 6.45) is 8.43. The smallest absolute Gasteiger partial charge is 0.253 e. The van der Waals surface area contributed by atoms with Gasteiger partial charge in [-0.2, -0.15) is 0 Å². The van der Waals surface area contributed by atoms with Crippen LogP contribution in [0.25, 0.3) is 5.69 Å². The summed E-state index contributed by atoms with van der Waals surface area (Å²) in [6.45, 7) is 2.06. The van der Waals surface area contributed by atoms with Crippen LogP contribution in [-0.4, -0.2) is 38.4 Å². The first kappa shape index (κ1) is 16.6. The Kier molecular flexibility index (Phi) is 5.25. The molecular weight excluding hydrogens is 304 g/mol. The molecule has 3 rings (SSSR count). The topological polar surface area (TPSA) is 80.0 Å². The van der Waals surface area contributed by atoms with Crippen molar-refractivity contribution in [2.24, 2.45) is 5.92 Å². The SMILES string of the molecule is Cc1ccc(-n2cnnc2)c(C(=O)NC(CCO)C2CCCC2)c1. The van der Waals surface area contributed by atoms with Crippen LogP contribution in [0.2, 0.25) is 0 Å². The fourth-order valence-electron chi connectivity index (χ4n) is 3.55. The van der Waals surface area contributed by atoms with Gasteiger partial charge in [-0.1, -0.05) is 24.5 Å². The second-order valence-electron chi connectivity index (χ2n) is 6.53. The van der Waals surface area contributed by atoms with Gasteiger partial charge in [-0.3, -0.25) is 9.36 Å². The molecule has 0 saturated heterocycles. The lowest BCUT2D eigenvalue weighted by atomic mass is 9.95. The first-order valence-electron chi connectivity index (χ1n) is 8.56. The first-order chi connectivity index (χ1) is 11.7. The summed E-state index contributed by atoms with van der Waals surface area (Å²) in [5, 5.41) is 20.2. The van der Waals surface area contributed by atoms with Crippen LogP contribution < -0.4 is 5.32 Å². The summed E-state index contributed by atoms with van der Waals surface area (Å²) in [6, 6.07) is 5.78. The number of nitrogens with zero attached hydrogens (tertiary/aromatic N) is 3. The van der Waals surface area contributed by atoms with Gasteiger partial charge in [-0.15, -0.1) is 10.2 Å². The van der Waals surface area contributed by atoms with Gasteiger partial charge in [0.05, 0.1) is 11.3 Å². The third kappa shape index (κ3) is 3.64. The largest absolute Gasteiger partial charge is 0.396 e. The summed E-state index contributed by atoms with van der Waals surface area (Å²) in [5.41, 5.74) is 2.39. The standard InChI is InChI=1S/C18H24N4O2/c1-13-6-7-17(22-11-19-20-12-22)15(10-13)18(24)21-16(8-9-23)14-4-2-3-5-14/h6-7,10-12,14,16,23H,2-5,8-9H2,1H3,(H,21,24). The van der Waals surface area contributed by atoms with Crippen molar-refractivity contribution in [3.8, 4) is 5.69 Å².